The Kier molecular flexibility index (Phi) is 4.39. The maximum atomic E-state index is 13.3. The highest BCUT2D eigenvalue weighted by Gasteiger charge is 2.46. The zero-order chi connectivity index (χ0) is 16.4. The molecule has 1 saturated carbocycles. The smallest absolute Gasteiger partial charge is 0.334 e. The van der Waals surface area contributed by atoms with E-state index < -0.39 is 17.5 Å². The molecule has 1 aromatic carbocycles. The van der Waals surface area contributed by atoms with Gasteiger partial charge < -0.3 is 14.7 Å². The first-order chi connectivity index (χ1) is 11.0. The minimum atomic E-state index is -1.00. The lowest BCUT2D eigenvalue weighted by molar-refractivity contribution is -0.161. The predicted molar refractivity (Wildman–Crippen MR) is 85.3 cm³/mol. The SMILES string of the molecule is Cc1cccc(C2(C(=O)N3CCO[C@@H](C(=O)O)C3)CCCC2)c1. The summed E-state index contributed by atoms with van der Waals surface area (Å²) in [6.07, 6.45) is 2.83. The van der Waals surface area contributed by atoms with Crippen molar-refractivity contribution < 1.29 is 19.4 Å². The Hall–Kier alpha value is -1.88. The molecule has 1 heterocycles. The molecule has 1 aromatic rings. The molecule has 5 heteroatoms. The Labute approximate surface area is 136 Å². The maximum absolute atomic E-state index is 13.3. The third-order valence-electron chi connectivity index (χ3n) is 5.07. The van der Waals surface area contributed by atoms with Crippen molar-refractivity contribution in [1.29, 1.82) is 0 Å². The molecule has 2 fully saturated rings. The monoisotopic (exact) mass is 317 g/mol. The molecule has 23 heavy (non-hydrogen) atoms. The highest BCUT2D eigenvalue weighted by molar-refractivity contribution is 5.89. The van der Waals surface area contributed by atoms with Crippen LogP contribution in [0.2, 0.25) is 0 Å². The number of hydrogen-bond donors (Lipinski definition) is 1. The fourth-order valence-corrected chi connectivity index (χ4v) is 3.83. The van der Waals surface area contributed by atoms with Gasteiger partial charge in [0.25, 0.3) is 0 Å². The van der Waals surface area contributed by atoms with Crippen LogP contribution in [0.5, 0.6) is 0 Å². The molecule has 0 spiro atoms. The molecule has 1 saturated heterocycles. The van der Waals surface area contributed by atoms with Crippen molar-refractivity contribution in [1.82, 2.24) is 4.90 Å². The molecule has 124 valence electrons. The molecule has 0 unspecified atom stereocenters. The van der Waals surface area contributed by atoms with Gasteiger partial charge in [-0.05, 0) is 25.3 Å². The number of carbonyl (C=O) groups excluding carboxylic acids is 1. The first kappa shape index (κ1) is 16.0. The summed E-state index contributed by atoms with van der Waals surface area (Å²) in [6.45, 7) is 2.93. The maximum Gasteiger partial charge on any atom is 0.334 e. The van der Waals surface area contributed by atoms with Gasteiger partial charge in [0.15, 0.2) is 6.10 Å². The fourth-order valence-electron chi connectivity index (χ4n) is 3.83. The van der Waals surface area contributed by atoms with Crippen LogP contribution in [-0.4, -0.2) is 47.7 Å². The molecule has 0 bridgehead atoms. The summed E-state index contributed by atoms with van der Waals surface area (Å²) in [4.78, 5) is 26.1. The van der Waals surface area contributed by atoms with Crippen molar-refractivity contribution in [2.75, 3.05) is 19.7 Å². The van der Waals surface area contributed by atoms with E-state index in [2.05, 4.69) is 6.07 Å². The highest BCUT2D eigenvalue weighted by atomic mass is 16.5. The molecule has 5 nitrogen and oxygen atoms in total. The van der Waals surface area contributed by atoms with Gasteiger partial charge in [-0.25, -0.2) is 4.79 Å². The summed E-state index contributed by atoms with van der Waals surface area (Å²) in [7, 11) is 0. The van der Waals surface area contributed by atoms with Crippen LogP contribution < -0.4 is 0 Å². The molecule has 1 aliphatic heterocycles. The number of hydrogen-bond acceptors (Lipinski definition) is 3. The molecule has 1 aliphatic carbocycles. The lowest BCUT2D eigenvalue weighted by Crippen LogP contribution is -2.54. The highest BCUT2D eigenvalue weighted by Crippen LogP contribution is 2.43. The van der Waals surface area contributed by atoms with E-state index in [0.29, 0.717) is 6.54 Å². The third kappa shape index (κ3) is 2.98. The van der Waals surface area contributed by atoms with Gasteiger partial charge in [0.2, 0.25) is 5.91 Å². The summed E-state index contributed by atoms with van der Waals surface area (Å²) in [5, 5.41) is 9.16. The Morgan fingerprint density at radius 1 is 1.30 bits per heavy atom. The van der Waals surface area contributed by atoms with Gasteiger partial charge in [0.1, 0.15) is 0 Å². The number of carboxylic acids is 1. The number of ether oxygens (including phenoxy) is 1. The first-order valence-electron chi connectivity index (χ1n) is 8.24. The molecule has 1 amide bonds. The van der Waals surface area contributed by atoms with Crippen molar-refractivity contribution >= 4 is 11.9 Å². The summed E-state index contributed by atoms with van der Waals surface area (Å²) >= 11 is 0. The molecule has 2 aliphatic rings. The van der Waals surface area contributed by atoms with E-state index in [4.69, 9.17) is 9.84 Å². The summed E-state index contributed by atoms with van der Waals surface area (Å²) < 4.78 is 5.25. The van der Waals surface area contributed by atoms with Crippen LogP contribution in [0.3, 0.4) is 0 Å². The number of aliphatic carboxylic acids is 1. The van der Waals surface area contributed by atoms with Crippen LogP contribution in [0.1, 0.15) is 36.8 Å². The zero-order valence-electron chi connectivity index (χ0n) is 13.5. The second kappa shape index (κ2) is 6.32. The van der Waals surface area contributed by atoms with Gasteiger partial charge in [0, 0.05) is 6.54 Å². The van der Waals surface area contributed by atoms with Crippen molar-refractivity contribution in [2.45, 2.75) is 44.1 Å². The van der Waals surface area contributed by atoms with Gasteiger partial charge in [-0.1, -0.05) is 42.7 Å². The molecule has 1 N–H and O–H groups in total. The lowest BCUT2D eigenvalue weighted by Gasteiger charge is -2.38. The molecule has 0 radical (unpaired) electrons. The van der Waals surface area contributed by atoms with Gasteiger partial charge in [-0.3, -0.25) is 4.79 Å². The van der Waals surface area contributed by atoms with E-state index in [1.165, 1.54) is 0 Å². The van der Waals surface area contributed by atoms with Crippen molar-refractivity contribution in [3.05, 3.63) is 35.4 Å². The third-order valence-corrected chi connectivity index (χ3v) is 5.07. The van der Waals surface area contributed by atoms with E-state index in [9.17, 15) is 9.59 Å². The van der Waals surface area contributed by atoms with Gasteiger partial charge in [-0.2, -0.15) is 0 Å². The predicted octanol–water partition coefficient (Wildman–Crippen LogP) is 2.12. The van der Waals surface area contributed by atoms with Crippen LogP contribution in [0.15, 0.2) is 24.3 Å². The standard InChI is InChI=1S/C18H23NO4/c1-13-5-4-6-14(11-13)18(7-2-3-8-18)17(22)19-9-10-23-15(12-19)16(20)21/h4-6,11,15H,2-3,7-10,12H2,1H3,(H,20,21)/t15-/m1/s1. The topological polar surface area (TPSA) is 66.8 Å². The van der Waals surface area contributed by atoms with Crippen molar-refractivity contribution in [3.63, 3.8) is 0 Å². The van der Waals surface area contributed by atoms with Gasteiger partial charge in [-0.15, -0.1) is 0 Å². The molecular formula is C18H23NO4. The average molecular weight is 317 g/mol. The number of nitrogens with zero attached hydrogens (tertiary/aromatic N) is 1. The van der Waals surface area contributed by atoms with Crippen molar-refractivity contribution in [3.8, 4) is 0 Å². The van der Waals surface area contributed by atoms with Gasteiger partial charge in [0.05, 0.1) is 18.6 Å². The molecule has 0 aromatic heterocycles. The van der Waals surface area contributed by atoms with Crippen LogP contribution in [0.4, 0.5) is 0 Å². The van der Waals surface area contributed by atoms with E-state index >= 15 is 0 Å². The lowest BCUT2D eigenvalue weighted by atomic mass is 9.77. The number of morpholine rings is 1. The summed E-state index contributed by atoms with van der Waals surface area (Å²) in [5.41, 5.74) is 1.72. The van der Waals surface area contributed by atoms with Crippen molar-refractivity contribution in [2.24, 2.45) is 0 Å². The summed E-state index contributed by atoms with van der Waals surface area (Å²) in [5.74, 6) is -0.936. The number of carboxylic acid groups (broad SMARTS) is 1. The Bertz CT molecular complexity index is 607. The minimum Gasteiger partial charge on any atom is -0.479 e. The fraction of sp³-hybridized carbons (Fsp3) is 0.556. The first-order valence-corrected chi connectivity index (χ1v) is 8.24. The van der Waals surface area contributed by atoms with E-state index in [0.717, 1.165) is 36.8 Å². The largest absolute Gasteiger partial charge is 0.479 e. The number of rotatable bonds is 3. The van der Waals surface area contributed by atoms with Crippen LogP contribution in [0, 0.1) is 6.92 Å². The van der Waals surface area contributed by atoms with Crippen LogP contribution in [0.25, 0.3) is 0 Å². The number of benzene rings is 1. The number of aryl methyl sites for hydroxylation is 1. The van der Waals surface area contributed by atoms with Gasteiger partial charge >= 0.3 is 5.97 Å². The van der Waals surface area contributed by atoms with Crippen LogP contribution >= 0.6 is 0 Å². The van der Waals surface area contributed by atoms with E-state index in [1.807, 2.05) is 25.1 Å². The van der Waals surface area contributed by atoms with E-state index in [-0.39, 0.29) is 19.1 Å². The number of amides is 1. The summed E-state index contributed by atoms with van der Waals surface area (Å²) in [6, 6.07) is 8.16. The quantitative estimate of drug-likeness (QED) is 0.927. The zero-order valence-corrected chi connectivity index (χ0v) is 13.5. The minimum absolute atomic E-state index is 0.0650. The second-order valence-electron chi connectivity index (χ2n) is 6.61. The number of carbonyl (C=O) groups is 2. The Morgan fingerprint density at radius 3 is 2.70 bits per heavy atom. The average Bonchev–Trinajstić information content (AvgIpc) is 3.05. The molecule has 3 rings (SSSR count). The second-order valence-corrected chi connectivity index (χ2v) is 6.61. The van der Waals surface area contributed by atoms with Crippen LogP contribution in [-0.2, 0) is 19.7 Å². The normalized spacial score (nSPS) is 23.7. The van der Waals surface area contributed by atoms with E-state index in [1.54, 1.807) is 4.90 Å². The Balaban J connectivity index is 1.89. The Morgan fingerprint density at radius 2 is 2.04 bits per heavy atom. The molecule has 1 atom stereocenters. The molecular weight excluding hydrogens is 294 g/mol.